The van der Waals surface area contributed by atoms with E-state index in [0.717, 1.165) is 12.1 Å². The Labute approximate surface area is 163 Å². The van der Waals surface area contributed by atoms with E-state index in [-0.39, 0.29) is 17.4 Å². The Kier molecular flexibility index (Phi) is 6.18. The summed E-state index contributed by atoms with van der Waals surface area (Å²) < 4.78 is 48.9. The van der Waals surface area contributed by atoms with Crippen LogP contribution in [0.1, 0.15) is 12.8 Å². The average Bonchev–Trinajstić information content (AvgIpc) is 2.73. The quantitative estimate of drug-likeness (QED) is 0.689. The number of benzene rings is 2. The monoisotopic (exact) mass is 407 g/mol. The molecule has 0 radical (unpaired) electrons. The van der Waals surface area contributed by atoms with E-state index in [1.165, 1.54) is 12.1 Å². The fraction of sp³-hybridized carbons (Fsp3) is 0.350. The zero-order chi connectivity index (χ0) is 20.1. The van der Waals surface area contributed by atoms with Crippen molar-refractivity contribution in [2.75, 3.05) is 26.8 Å². The Morgan fingerprint density at radius 1 is 1.04 bits per heavy atom. The molecular formula is C20H22FNO5S. The van der Waals surface area contributed by atoms with Crippen molar-refractivity contribution < 1.29 is 27.1 Å². The van der Waals surface area contributed by atoms with Crippen LogP contribution in [0.3, 0.4) is 0 Å². The molecule has 1 heterocycles. The molecule has 0 atom stereocenters. The maximum atomic E-state index is 13.0. The van der Waals surface area contributed by atoms with Crippen LogP contribution in [0, 0.1) is 5.82 Å². The van der Waals surface area contributed by atoms with Crippen molar-refractivity contribution in [3.05, 3.63) is 54.3 Å². The van der Waals surface area contributed by atoms with Crippen LogP contribution < -0.4 is 9.47 Å². The number of amides is 1. The molecule has 150 valence electrons. The minimum Gasteiger partial charge on any atom is -0.497 e. The molecule has 0 saturated carbocycles. The molecule has 0 spiro atoms. The molecule has 28 heavy (non-hydrogen) atoms. The normalized spacial score (nSPS) is 15.3. The van der Waals surface area contributed by atoms with Crippen LogP contribution in [0.2, 0.25) is 0 Å². The van der Waals surface area contributed by atoms with Crippen molar-refractivity contribution in [3.63, 3.8) is 0 Å². The zero-order valence-corrected chi connectivity index (χ0v) is 16.3. The van der Waals surface area contributed by atoms with E-state index in [0.29, 0.717) is 37.4 Å². The maximum Gasteiger partial charge on any atom is 0.260 e. The molecule has 1 fully saturated rings. The van der Waals surface area contributed by atoms with E-state index in [4.69, 9.17) is 9.47 Å². The first-order valence-corrected chi connectivity index (χ1v) is 10.5. The van der Waals surface area contributed by atoms with Crippen molar-refractivity contribution in [2.45, 2.75) is 23.0 Å². The number of likely N-dealkylation sites (tertiary alicyclic amines) is 1. The number of methoxy groups -OCH3 is 1. The fourth-order valence-corrected chi connectivity index (χ4v) is 4.87. The predicted molar refractivity (Wildman–Crippen MR) is 102 cm³/mol. The molecule has 0 aliphatic carbocycles. The maximum absolute atomic E-state index is 13.0. The summed E-state index contributed by atoms with van der Waals surface area (Å²) in [5.41, 5.74) is 0. The van der Waals surface area contributed by atoms with E-state index >= 15 is 0 Å². The second-order valence-electron chi connectivity index (χ2n) is 6.54. The van der Waals surface area contributed by atoms with Crippen LogP contribution in [0.5, 0.6) is 11.5 Å². The van der Waals surface area contributed by atoms with Crippen LogP contribution in [0.25, 0.3) is 0 Å². The third-order valence-corrected chi connectivity index (χ3v) is 7.08. The molecule has 0 unspecified atom stereocenters. The number of halogens is 1. The van der Waals surface area contributed by atoms with Crippen LogP contribution in [0.15, 0.2) is 53.4 Å². The molecule has 6 nitrogen and oxygen atoms in total. The smallest absolute Gasteiger partial charge is 0.260 e. The fourth-order valence-electron chi connectivity index (χ4n) is 3.14. The average molecular weight is 407 g/mol. The third kappa shape index (κ3) is 4.62. The van der Waals surface area contributed by atoms with E-state index in [1.807, 2.05) is 0 Å². The van der Waals surface area contributed by atoms with Gasteiger partial charge in [0.05, 0.1) is 17.3 Å². The highest BCUT2D eigenvalue weighted by molar-refractivity contribution is 7.92. The lowest BCUT2D eigenvalue weighted by Crippen LogP contribution is -2.44. The molecule has 3 rings (SSSR count). The molecule has 0 bridgehead atoms. The lowest BCUT2D eigenvalue weighted by molar-refractivity contribution is -0.134. The van der Waals surface area contributed by atoms with Crippen LogP contribution >= 0.6 is 0 Å². The largest absolute Gasteiger partial charge is 0.497 e. The van der Waals surface area contributed by atoms with Gasteiger partial charge < -0.3 is 14.4 Å². The third-order valence-electron chi connectivity index (χ3n) is 4.80. The second-order valence-corrected chi connectivity index (χ2v) is 8.77. The number of nitrogens with zero attached hydrogens (tertiary/aromatic N) is 1. The van der Waals surface area contributed by atoms with Gasteiger partial charge in [0.25, 0.3) is 5.91 Å². The molecule has 8 heteroatoms. The Balaban J connectivity index is 1.52. The van der Waals surface area contributed by atoms with Crippen molar-refractivity contribution in [1.82, 2.24) is 4.90 Å². The Hall–Kier alpha value is -2.61. The Morgan fingerprint density at radius 3 is 2.18 bits per heavy atom. The number of sulfone groups is 1. The highest BCUT2D eigenvalue weighted by Crippen LogP contribution is 2.25. The summed E-state index contributed by atoms with van der Waals surface area (Å²) in [6, 6.07) is 11.8. The summed E-state index contributed by atoms with van der Waals surface area (Å²) in [5.74, 6) is 0.593. The molecule has 0 N–H and O–H groups in total. The first kappa shape index (κ1) is 20.1. The van der Waals surface area contributed by atoms with Crippen molar-refractivity contribution in [2.24, 2.45) is 0 Å². The van der Waals surface area contributed by atoms with Gasteiger partial charge in [-0.05, 0) is 61.4 Å². The topological polar surface area (TPSA) is 72.9 Å². The Morgan fingerprint density at radius 2 is 1.61 bits per heavy atom. The van der Waals surface area contributed by atoms with Gasteiger partial charge in [-0.3, -0.25) is 4.79 Å². The van der Waals surface area contributed by atoms with Gasteiger partial charge in [0.15, 0.2) is 16.4 Å². The van der Waals surface area contributed by atoms with Crippen LogP contribution in [0.4, 0.5) is 4.39 Å². The molecule has 2 aromatic carbocycles. The molecule has 1 saturated heterocycles. The lowest BCUT2D eigenvalue weighted by atomic mass is 10.1. The lowest BCUT2D eigenvalue weighted by Gasteiger charge is -2.31. The van der Waals surface area contributed by atoms with E-state index < -0.39 is 20.9 Å². The number of hydrogen-bond donors (Lipinski definition) is 0. The van der Waals surface area contributed by atoms with Crippen LogP contribution in [-0.2, 0) is 14.6 Å². The van der Waals surface area contributed by atoms with Crippen molar-refractivity contribution in [1.29, 1.82) is 0 Å². The Bertz CT molecular complexity index is 905. The zero-order valence-electron chi connectivity index (χ0n) is 15.5. The molecule has 2 aromatic rings. The standard InChI is InChI=1S/C20H22FNO5S/c1-26-16-4-6-17(7-5-16)27-14-20(23)22-12-10-19(11-13-22)28(24,25)18-8-2-15(21)3-9-18/h2-9,19H,10-14H2,1H3. The first-order valence-electron chi connectivity index (χ1n) is 8.94. The summed E-state index contributed by atoms with van der Waals surface area (Å²) in [6.07, 6.45) is 0.683. The van der Waals surface area contributed by atoms with E-state index in [1.54, 1.807) is 36.3 Å². The van der Waals surface area contributed by atoms with Gasteiger partial charge in [0.1, 0.15) is 17.3 Å². The summed E-state index contributed by atoms with van der Waals surface area (Å²) in [7, 11) is -1.97. The number of ether oxygens (including phenoxy) is 2. The van der Waals surface area contributed by atoms with Gasteiger partial charge in [-0.15, -0.1) is 0 Å². The number of carbonyl (C=O) groups excluding carboxylic acids is 1. The highest BCUT2D eigenvalue weighted by Gasteiger charge is 2.32. The molecule has 1 aliphatic rings. The summed E-state index contributed by atoms with van der Waals surface area (Å²) in [5, 5.41) is -0.579. The molecule has 1 amide bonds. The van der Waals surface area contributed by atoms with Crippen molar-refractivity contribution in [3.8, 4) is 11.5 Å². The molecule has 0 aromatic heterocycles. The second kappa shape index (κ2) is 8.60. The van der Waals surface area contributed by atoms with Gasteiger partial charge >= 0.3 is 0 Å². The van der Waals surface area contributed by atoms with Gasteiger partial charge in [-0.25, -0.2) is 12.8 Å². The van der Waals surface area contributed by atoms with E-state index in [9.17, 15) is 17.6 Å². The van der Waals surface area contributed by atoms with Gasteiger partial charge in [-0.1, -0.05) is 0 Å². The predicted octanol–water partition coefficient (Wildman–Crippen LogP) is 2.68. The summed E-state index contributed by atoms with van der Waals surface area (Å²) in [4.78, 5) is 14.1. The van der Waals surface area contributed by atoms with Crippen LogP contribution in [-0.4, -0.2) is 51.3 Å². The van der Waals surface area contributed by atoms with Crippen molar-refractivity contribution >= 4 is 15.7 Å². The highest BCUT2D eigenvalue weighted by atomic mass is 32.2. The van der Waals surface area contributed by atoms with E-state index in [2.05, 4.69) is 0 Å². The minimum absolute atomic E-state index is 0.109. The SMILES string of the molecule is COc1ccc(OCC(=O)N2CCC(S(=O)(=O)c3ccc(F)cc3)CC2)cc1. The van der Waals surface area contributed by atoms with Gasteiger partial charge in [0, 0.05) is 13.1 Å². The number of hydrogen-bond acceptors (Lipinski definition) is 5. The molecular weight excluding hydrogens is 385 g/mol. The molecule has 1 aliphatic heterocycles. The van der Waals surface area contributed by atoms with Gasteiger partial charge in [0.2, 0.25) is 0 Å². The number of carbonyl (C=O) groups is 1. The first-order chi connectivity index (χ1) is 13.4. The summed E-state index contributed by atoms with van der Waals surface area (Å²) >= 11 is 0. The van der Waals surface area contributed by atoms with Gasteiger partial charge in [-0.2, -0.15) is 0 Å². The summed E-state index contributed by atoms with van der Waals surface area (Å²) in [6.45, 7) is 0.577. The number of piperidine rings is 1. The number of rotatable bonds is 6. The minimum atomic E-state index is -3.54.